The van der Waals surface area contributed by atoms with E-state index in [1.54, 1.807) is 24.3 Å². The van der Waals surface area contributed by atoms with Crippen LogP contribution in [-0.2, 0) is 11.3 Å². The number of benzene rings is 2. The van der Waals surface area contributed by atoms with E-state index in [9.17, 15) is 4.79 Å². The van der Waals surface area contributed by atoms with Gasteiger partial charge in [-0.2, -0.15) is 0 Å². The molecule has 0 aliphatic carbocycles. The van der Waals surface area contributed by atoms with E-state index in [1.165, 1.54) is 0 Å². The first-order valence-corrected chi connectivity index (χ1v) is 6.19. The highest BCUT2D eigenvalue weighted by Gasteiger charge is 2.11. The molecule has 0 bridgehead atoms. The molecule has 0 aliphatic rings. The normalized spacial score (nSPS) is 10.1. The van der Waals surface area contributed by atoms with Gasteiger partial charge in [0.25, 0.3) is 0 Å². The molecule has 0 amide bonds. The number of rotatable bonds is 3. The molecule has 92 valence electrons. The minimum Gasteiger partial charge on any atom is -0.457 e. The summed E-state index contributed by atoms with van der Waals surface area (Å²) in [6.45, 7) is 0.153. The zero-order valence-corrected chi connectivity index (χ0v) is 11.1. The molecule has 0 N–H and O–H groups in total. The molecule has 0 saturated carbocycles. The van der Waals surface area contributed by atoms with Crippen molar-refractivity contribution in [3.63, 3.8) is 0 Å². The first-order valence-electron chi connectivity index (χ1n) is 5.37. The highest BCUT2D eigenvalue weighted by molar-refractivity contribution is 7.80. The lowest BCUT2D eigenvalue weighted by Crippen LogP contribution is -2.06. The molecule has 2 rings (SSSR count). The maximum Gasteiger partial charge on any atom is 0.339 e. The Morgan fingerprint density at radius 3 is 2.50 bits per heavy atom. The average molecular weight is 279 g/mol. The van der Waals surface area contributed by atoms with Crippen LogP contribution in [0.5, 0.6) is 0 Å². The second-order valence-electron chi connectivity index (χ2n) is 3.68. The summed E-state index contributed by atoms with van der Waals surface area (Å²) >= 11 is 10.2. The van der Waals surface area contributed by atoms with Gasteiger partial charge in [0, 0.05) is 15.5 Å². The summed E-state index contributed by atoms with van der Waals surface area (Å²) in [5, 5.41) is 0.587. The van der Waals surface area contributed by atoms with E-state index < -0.39 is 5.97 Å². The fourth-order valence-electron chi connectivity index (χ4n) is 1.48. The van der Waals surface area contributed by atoms with Crippen molar-refractivity contribution in [1.29, 1.82) is 0 Å². The Morgan fingerprint density at radius 2 is 1.78 bits per heavy atom. The lowest BCUT2D eigenvalue weighted by Gasteiger charge is -2.07. The third-order valence-electron chi connectivity index (χ3n) is 2.44. The molecule has 0 fully saturated rings. The van der Waals surface area contributed by atoms with Crippen molar-refractivity contribution >= 4 is 30.2 Å². The van der Waals surface area contributed by atoms with Crippen LogP contribution < -0.4 is 0 Å². The lowest BCUT2D eigenvalue weighted by molar-refractivity contribution is 0.0469. The number of esters is 1. The van der Waals surface area contributed by atoms with E-state index in [2.05, 4.69) is 12.6 Å². The van der Waals surface area contributed by atoms with Crippen LogP contribution in [0.2, 0.25) is 5.02 Å². The van der Waals surface area contributed by atoms with E-state index in [-0.39, 0.29) is 6.61 Å². The van der Waals surface area contributed by atoms with Crippen LogP contribution >= 0.6 is 24.2 Å². The van der Waals surface area contributed by atoms with E-state index >= 15 is 0 Å². The topological polar surface area (TPSA) is 26.3 Å². The molecule has 0 spiro atoms. The van der Waals surface area contributed by atoms with Crippen LogP contribution in [0.15, 0.2) is 53.4 Å². The molecule has 0 unspecified atom stereocenters. The summed E-state index contributed by atoms with van der Waals surface area (Å²) in [6.07, 6.45) is 0. The number of thiol groups is 1. The van der Waals surface area contributed by atoms with Crippen LogP contribution in [0.25, 0.3) is 0 Å². The Hall–Kier alpha value is -1.45. The van der Waals surface area contributed by atoms with E-state index in [0.717, 1.165) is 5.56 Å². The quantitative estimate of drug-likeness (QED) is 0.679. The SMILES string of the molecule is O=C(OCc1ccccc1Cl)c1ccccc1S. The smallest absolute Gasteiger partial charge is 0.339 e. The van der Waals surface area contributed by atoms with Gasteiger partial charge in [-0.1, -0.05) is 41.9 Å². The lowest BCUT2D eigenvalue weighted by atomic mass is 10.2. The van der Waals surface area contributed by atoms with Crippen LogP contribution in [0.4, 0.5) is 0 Å². The van der Waals surface area contributed by atoms with Gasteiger partial charge in [-0.25, -0.2) is 4.79 Å². The third kappa shape index (κ3) is 3.06. The van der Waals surface area contributed by atoms with Crippen molar-refractivity contribution in [3.8, 4) is 0 Å². The first-order chi connectivity index (χ1) is 8.68. The van der Waals surface area contributed by atoms with Crippen molar-refractivity contribution in [1.82, 2.24) is 0 Å². The molecule has 0 atom stereocenters. The molecule has 0 aromatic heterocycles. The maximum atomic E-state index is 11.8. The highest BCUT2D eigenvalue weighted by Crippen LogP contribution is 2.18. The Morgan fingerprint density at radius 1 is 1.11 bits per heavy atom. The summed E-state index contributed by atoms with van der Waals surface area (Å²) in [4.78, 5) is 12.4. The Kier molecular flexibility index (Phi) is 4.28. The predicted molar refractivity (Wildman–Crippen MR) is 74.3 cm³/mol. The molecular weight excluding hydrogens is 268 g/mol. The van der Waals surface area contributed by atoms with Crippen molar-refractivity contribution in [2.75, 3.05) is 0 Å². The molecule has 0 heterocycles. The molecule has 18 heavy (non-hydrogen) atoms. The van der Waals surface area contributed by atoms with Gasteiger partial charge in [-0.3, -0.25) is 0 Å². The highest BCUT2D eigenvalue weighted by atomic mass is 35.5. The van der Waals surface area contributed by atoms with Gasteiger partial charge in [0.05, 0.1) is 5.56 Å². The fraction of sp³-hybridized carbons (Fsp3) is 0.0714. The zero-order chi connectivity index (χ0) is 13.0. The van der Waals surface area contributed by atoms with Gasteiger partial charge >= 0.3 is 5.97 Å². The van der Waals surface area contributed by atoms with Crippen molar-refractivity contribution in [3.05, 3.63) is 64.7 Å². The molecule has 4 heteroatoms. The van der Waals surface area contributed by atoms with Crippen molar-refractivity contribution < 1.29 is 9.53 Å². The number of ether oxygens (including phenoxy) is 1. The standard InChI is InChI=1S/C14H11ClO2S/c15-12-7-3-1-5-10(12)9-17-14(16)11-6-2-4-8-13(11)18/h1-8,18H,9H2. The monoisotopic (exact) mass is 278 g/mol. The zero-order valence-electron chi connectivity index (χ0n) is 9.47. The Labute approximate surface area is 116 Å². The van der Waals surface area contributed by atoms with Crippen LogP contribution in [0, 0.1) is 0 Å². The average Bonchev–Trinajstić information content (AvgIpc) is 2.38. The predicted octanol–water partition coefficient (Wildman–Crippen LogP) is 3.99. The molecular formula is C14H11ClO2S. The number of carbonyl (C=O) groups excluding carboxylic acids is 1. The molecule has 0 aliphatic heterocycles. The summed E-state index contributed by atoms with van der Waals surface area (Å²) in [5.74, 6) is -0.402. The third-order valence-corrected chi connectivity index (χ3v) is 3.20. The summed E-state index contributed by atoms with van der Waals surface area (Å²) < 4.78 is 5.20. The first kappa shape index (κ1) is 13.0. The number of carbonyl (C=O) groups is 1. The van der Waals surface area contributed by atoms with Gasteiger partial charge in [0.2, 0.25) is 0 Å². The Balaban J connectivity index is 2.06. The second-order valence-corrected chi connectivity index (χ2v) is 4.57. The van der Waals surface area contributed by atoms with Gasteiger partial charge in [-0.05, 0) is 18.2 Å². The molecule has 2 aromatic rings. The van der Waals surface area contributed by atoms with E-state index in [0.29, 0.717) is 15.5 Å². The largest absolute Gasteiger partial charge is 0.457 e. The Bertz CT molecular complexity index is 569. The molecule has 0 radical (unpaired) electrons. The second kappa shape index (κ2) is 5.94. The van der Waals surface area contributed by atoms with Gasteiger partial charge in [0.15, 0.2) is 0 Å². The van der Waals surface area contributed by atoms with Crippen molar-refractivity contribution in [2.45, 2.75) is 11.5 Å². The summed E-state index contributed by atoms with van der Waals surface area (Å²) in [5.41, 5.74) is 1.23. The molecule has 0 saturated heterocycles. The van der Waals surface area contributed by atoms with E-state index in [4.69, 9.17) is 16.3 Å². The number of halogens is 1. The molecule has 2 aromatic carbocycles. The summed E-state index contributed by atoms with van der Waals surface area (Å²) in [6, 6.07) is 14.3. The minimum absolute atomic E-state index is 0.153. The van der Waals surface area contributed by atoms with Gasteiger partial charge in [0.1, 0.15) is 6.61 Å². The summed E-state index contributed by atoms with van der Waals surface area (Å²) in [7, 11) is 0. The number of hydrogen-bond acceptors (Lipinski definition) is 3. The van der Waals surface area contributed by atoms with E-state index in [1.807, 2.05) is 24.3 Å². The number of hydrogen-bond donors (Lipinski definition) is 1. The van der Waals surface area contributed by atoms with Gasteiger partial charge < -0.3 is 4.74 Å². The molecule has 2 nitrogen and oxygen atoms in total. The van der Waals surface area contributed by atoms with Crippen molar-refractivity contribution in [2.24, 2.45) is 0 Å². The van der Waals surface area contributed by atoms with Gasteiger partial charge in [-0.15, -0.1) is 12.6 Å². The van der Waals surface area contributed by atoms with Crippen LogP contribution in [0.3, 0.4) is 0 Å². The minimum atomic E-state index is -0.402. The van der Waals surface area contributed by atoms with Crippen LogP contribution in [-0.4, -0.2) is 5.97 Å². The van der Waals surface area contributed by atoms with Crippen LogP contribution in [0.1, 0.15) is 15.9 Å². The maximum absolute atomic E-state index is 11.8. The fourth-order valence-corrected chi connectivity index (χ4v) is 1.92.